The van der Waals surface area contributed by atoms with Crippen molar-refractivity contribution >= 4 is 5.82 Å². The first-order valence-electron chi connectivity index (χ1n) is 6.67. The molecule has 0 radical (unpaired) electrons. The van der Waals surface area contributed by atoms with Crippen molar-refractivity contribution < 1.29 is 8.78 Å². The lowest BCUT2D eigenvalue weighted by molar-refractivity contribution is 0.580. The van der Waals surface area contributed by atoms with Crippen LogP contribution in [0.4, 0.5) is 14.6 Å². The van der Waals surface area contributed by atoms with Crippen LogP contribution >= 0.6 is 0 Å². The summed E-state index contributed by atoms with van der Waals surface area (Å²) in [6.45, 7) is 0. The topological polar surface area (TPSA) is 37.8 Å². The van der Waals surface area contributed by atoms with Gasteiger partial charge in [0.25, 0.3) is 0 Å². The van der Waals surface area contributed by atoms with Crippen molar-refractivity contribution in [3.05, 3.63) is 52.5 Å². The Labute approximate surface area is 116 Å². The molecule has 2 aromatic rings. The summed E-state index contributed by atoms with van der Waals surface area (Å²) >= 11 is 0. The zero-order chi connectivity index (χ0) is 14.1. The van der Waals surface area contributed by atoms with E-state index in [1.54, 1.807) is 0 Å². The Balaban J connectivity index is 1.95. The Morgan fingerprint density at radius 3 is 2.55 bits per heavy atom. The fraction of sp³-hybridized carbons (Fsp3) is 0.333. The van der Waals surface area contributed by atoms with Crippen molar-refractivity contribution in [2.75, 3.05) is 12.4 Å². The van der Waals surface area contributed by atoms with Crippen molar-refractivity contribution in [2.45, 2.75) is 25.7 Å². The zero-order valence-corrected chi connectivity index (χ0v) is 11.2. The number of benzene rings is 1. The smallest absolute Gasteiger partial charge is 0.135 e. The fourth-order valence-electron chi connectivity index (χ4n) is 2.66. The predicted molar refractivity (Wildman–Crippen MR) is 72.8 cm³/mol. The lowest BCUT2D eigenvalue weighted by atomic mass is 10.1. The fourth-order valence-corrected chi connectivity index (χ4v) is 2.66. The number of aryl methyl sites for hydroxylation is 1. The number of hydrogen-bond donors (Lipinski definition) is 1. The van der Waals surface area contributed by atoms with Gasteiger partial charge >= 0.3 is 0 Å². The van der Waals surface area contributed by atoms with Gasteiger partial charge in [0, 0.05) is 30.8 Å². The number of nitrogens with one attached hydrogen (secondary N) is 1. The summed E-state index contributed by atoms with van der Waals surface area (Å²) in [6.07, 6.45) is 3.34. The van der Waals surface area contributed by atoms with Gasteiger partial charge in [-0.05, 0) is 37.0 Å². The van der Waals surface area contributed by atoms with Crippen LogP contribution in [-0.4, -0.2) is 17.0 Å². The Kier molecular flexibility index (Phi) is 3.34. The number of rotatable bonds is 3. The molecule has 0 saturated carbocycles. The lowest BCUT2D eigenvalue weighted by Gasteiger charge is -2.09. The highest BCUT2D eigenvalue weighted by Gasteiger charge is 2.18. The maximum Gasteiger partial charge on any atom is 0.135 e. The third kappa shape index (κ3) is 2.48. The average molecular weight is 275 g/mol. The molecule has 1 aromatic heterocycles. The third-order valence-electron chi connectivity index (χ3n) is 3.50. The predicted octanol–water partition coefficient (Wildman–Crippen LogP) is 2.88. The average Bonchev–Trinajstić information content (AvgIpc) is 2.84. The third-order valence-corrected chi connectivity index (χ3v) is 3.50. The van der Waals surface area contributed by atoms with Gasteiger partial charge in [-0.25, -0.2) is 18.7 Å². The molecule has 0 bridgehead atoms. The second-order valence-electron chi connectivity index (χ2n) is 4.97. The highest BCUT2D eigenvalue weighted by Crippen LogP contribution is 2.26. The number of nitrogens with zero attached hydrogens (tertiary/aromatic N) is 2. The van der Waals surface area contributed by atoms with Crippen LogP contribution in [0, 0.1) is 11.6 Å². The molecule has 1 aliphatic rings. The van der Waals surface area contributed by atoms with Crippen LogP contribution in [0.15, 0.2) is 18.2 Å². The molecule has 1 heterocycles. The summed E-state index contributed by atoms with van der Waals surface area (Å²) in [5.41, 5.74) is 2.76. The van der Waals surface area contributed by atoms with Crippen molar-refractivity contribution in [3.63, 3.8) is 0 Å². The normalized spacial score (nSPS) is 13.3. The van der Waals surface area contributed by atoms with Crippen LogP contribution in [0.1, 0.15) is 29.1 Å². The van der Waals surface area contributed by atoms with Gasteiger partial charge in [0.1, 0.15) is 23.3 Å². The van der Waals surface area contributed by atoms with Crippen LogP contribution in [0.5, 0.6) is 0 Å². The highest BCUT2D eigenvalue weighted by atomic mass is 19.1. The van der Waals surface area contributed by atoms with Gasteiger partial charge in [0.15, 0.2) is 0 Å². The number of aromatic nitrogens is 2. The van der Waals surface area contributed by atoms with Gasteiger partial charge in [0.05, 0.1) is 0 Å². The molecule has 0 unspecified atom stereocenters. The molecule has 20 heavy (non-hydrogen) atoms. The minimum atomic E-state index is -0.574. The van der Waals surface area contributed by atoms with E-state index >= 15 is 0 Å². The van der Waals surface area contributed by atoms with E-state index < -0.39 is 11.6 Å². The van der Waals surface area contributed by atoms with Gasteiger partial charge in [-0.15, -0.1) is 0 Å². The Hall–Kier alpha value is -2.04. The van der Waals surface area contributed by atoms with E-state index in [0.717, 1.165) is 36.8 Å². The second-order valence-corrected chi connectivity index (χ2v) is 4.97. The van der Waals surface area contributed by atoms with E-state index in [2.05, 4.69) is 15.3 Å². The molecular formula is C15H15F2N3. The molecule has 1 aliphatic carbocycles. The van der Waals surface area contributed by atoms with Crippen LogP contribution in [0.3, 0.4) is 0 Å². The van der Waals surface area contributed by atoms with E-state index in [1.807, 2.05) is 7.05 Å². The quantitative estimate of drug-likeness (QED) is 0.936. The monoisotopic (exact) mass is 275 g/mol. The minimum absolute atomic E-state index is 0.330. The summed E-state index contributed by atoms with van der Waals surface area (Å²) in [5.74, 6) is 0.282. The van der Waals surface area contributed by atoms with Crippen LogP contribution in [0.25, 0.3) is 0 Å². The lowest BCUT2D eigenvalue weighted by Crippen LogP contribution is -2.06. The number of anilines is 1. The molecule has 0 fully saturated rings. The molecule has 3 rings (SSSR count). The first kappa shape index (κ1) is 13.0. The van der Waals surface area contributed by atoms with E-state index in [9.17, 15) is 8.78 Å². The molecule has 0 amide bonds. The summed E-state index contributed by atoms with van der Waals surface area (Å²) in [5, 5.41) is 3.08. The SMILES string of the molecule is CNc1nc(Cc2cc(F)cc(F)c2)nc2c1CCC2. The summed E-state index contributed by atoms with van der Waals surface area (Å²) < 4.78 is 26.4. The maximum atomic E-state index is 13.2. The van der Waals surface area contributed by atoms with Gasteiger partial charge < -0.3 is 5.32 Å². The molecule has 0 atom stereocenters. The zero-order valence-electron chi connectivity index (χ0n) is 11.2. The Morgan fingerprint density at radius 2 is 1.85 bits per heavy atom. The van der Waals surface area contributed by atoms with E-state index in [-0.39, 0.29) is 0 Å². The molecule has 0 spiro atoms. The van der Waals surface area contributed by atoms with Crippen molar-refractivity contribution in [1.29, 1.82) is 0 Å². The molecule has 1 aromatic carbocycles. The second kappa shape index (κ2) is 5.15. The Morgan fingerprint density at radius 1 is 1.10 bits per heavy atom. The van der Waals surface area contributed by atoms with E-state index in [0.29, 0.717) is 17.8 Å². The Bertz CT molecular complexity index is 636. The van der Waals surface area contributed by atoms with Crippen molar-refractivity contribution in [1.82, 2.24) is 9.97 Å². The molecule has 1 N–H and O–H groups in total. The van der Waals surface area contributed by atoms with Gasteiger partial charge in [-0.1, -0.05) is 0 Å². The molecule has 0 aliphatic heterocycles. The summed E-state index contributed by atoms with van der Waals surface area (Å²) in [7, 11) is 1.83. The van der Waals surface area contributed by atoms with Gasteiger partial charge in [0.2, 0.25) is 0 Å². The van der Waals surface area contributed by atoms with Crippen molar-refractivity contribution in [2.24, 2.45) is 0 Å². The first-order valence-corrected chi connectivity index (χ1v) is 6.67. The standard InChI is InChI=1S/C15H15F2N3/c1-18-15-12-3-2-4-13(12)19-14(20-15)7-9-5-10(16)8-11(17)6-9/h5-6,8H,2-4,7H2,1H3,(H,18,19,20). The number of fused-ring (bicyclic) bond motifs is 1. The minimum Gasteiger partial charge on any atom is -0.373 e. The first-order chi connectivity index (χ1) is 9.65. The highest BCUT2D eigenvalue weighted by molar-refractivity contribution is 5.48. The van der Waals surface area contributed by atoms with Crippen LogP contribution in [0.2, 0.25) is 0 Å². The van der Waals surface area contributed by atoms with Gasteiger partial charge in [-0.2, -0.15) is 0 Å². The summed E-state index contributed by atoms with van der Waals surface area (Å²) in [6, 6.07) is 3.50. The largest absolute Gasteiger partial charge is 0.373 e. The molecular weight excluding hydrogens is 260 g/mol. The molecule has 3 nitrogen and oxygen atoms in total. The molecule has 0 saturated heterocycles. The van der Waals surface area contributed by atoms with E-state index in [1.165, 1.54) is 17.7 Å². The van der Waals surface area contributed by atoms with Crippen LogP contribution in [-0.2, 0) is 19.3 Å². The number of halogens is 2. The maximum absolute atomic E-state index is 13.2. The van der Waals surface area contributed by atoms with E-state index in [4.69, 9.17) is 0 Å². The van der Waals surface area contributed by atoms with Crippen LogP contribution < -0.4 is 5.32 Å². The summed E-state index contributed by atoms with van der Waals surface area (Å²) in [4.78, 5) is 8.97. The van der Waals surface area contributed by atoms with Crippen molar-refractivity contribution in [3.8, 4) is 0 Å². The molecule has 5 heteroatoms. The number of hydrogen-bond acceptors (Lipinski definition) is 3. The molecule has 104 valence electrons. The van der Waals surface area contributed by atoms with Gasteiger partial charge in [-0.3, -0.25) is 0 Å².